The number of benzene rings is 2. The monoisotopic (exact) mass is 374 g/mol. The highest BCUT2D eigenvalue weighted by Gasteiger charge is 2.07. The molecule has 142 valence electrons. The number of carbonyl (C=O) groups excluding carboxylic acids is 1. The van der Waals surface area contributed by atoms with E-state index in [9.17, 15) is 9.59 Å². The summed E-state index contributed by atoms with van der Waals surface area (Å²) >= 11 is 0. The van der Waals surface area contributed by atoms with Crippen molar-refractivity contribution in [3.8, 4) is 5.75 Å². The molecule has 1 aromatic heterocycles. The van der Waals surface area contributed by atoms with Crippen LogP contribution < -0.4 is 15.5 Å². The van der Waals surface area contributed by atoms with Gasteiger partial charge in [-0.05, 0) is 17.2 Å². The minimum Gasteiger partial charge on any atom is -0.483 e. The summed E-state index contributed by atoms with van der Waals surface area (Å²) < 4.78 is 7.42. The summed E-state index contributed by atoms with van der Waals surface area (Å²) in [5.41, 5.74) is 2.42. The molecule has 1 amide bonds. The van der Waals surface area contributed by atoms with Crippen LogP contribution in [0.2, 0.25) is 0 Å². The zero-order valence-electron chi connectivity index (χ0n) is 15.7. The average molecular weight is 374 g/mol. The van der Waals surface area contributed by atoms with E-state index in [0.717, 1.165) is 11.1 Å². The fourth-order valence-corrected chi connectivity index (χ4v) is 2.64. The molecule has 0 saturated carbocycles. The number of pyridine rings is 1. The Hall–Kier alpha value is -3.60. The van der Waals surface area contributed by atoms with Gasteiger partial charge in [0.1, 0.15) is 6.61 Å². The largest absolute Gasteiger partial charge is 0.483 e. The van der Waals surface area contributed by atoms with Gasteiger partial charge in [-0.25, -0.2) is 0 Å². The molecule has 0 radical (unpaired) electrons. The number of carbonyl (C=O) groups is 1. The van der Waals surface area contributed by atoms with E-state index in [0.29, 0.717) is 12.3 Å². The van der Waals surface area contributed by atoms with E-state index < -0.39 is 0 Å². The van der Waals surface area contributed by atoms with Crippen molar-refractivity contribution >= 4 is 12.0 Å². The van der Waals surface area contributed by atoms with Crippen molar-refractivity contribution in [1.82, 2.24) is 9.88 Å². The summed E-state index contributed by atoms with van der Waals surface area (Å²) in [6.45, 7) is 0.582. The fourth-order valence-electron chi connectivity index (χ4n) is 2.64. The Morgan fingerprint density at radius 2 is 1.75 bits per heavy atom. The summed E-state index contributed by atoms with van der Waals surface area (Å²) in [5, 5.41) is 2.79. The first-order valence-corrected chi connectivity index (χ1v) is 8.99. The van der Waals surface area contributed by atoms with E-state index in [1.54, 1.807) is 16.8 Å². The normalized spacial score (nSPS) is 10.8. The van der Waals surface area contributed by atoms with Gasteiger partial charge in [-0.3, -0.25) is 9.59 Å². The Labute approximate surface area is 163 Å². The maximum atomic E-state index is 12.3. The van der Waals surface area contributed by atoms with Gasteiger partial charge >= 0.3 is 0 Å². The summed E-state index contributed by atoms with van der Waals surface area (Å²) in [4.78, 5) is 24.3. The molecule has 2 aromatic carbocycles. The van der Waals surface area contributed by atoms with Gasteiger partial charge in [0.25, 0.3) is 0 Å². The number of amides is 1. The second kappa shape index (κ2) is 9.37. The van der Waals surface area contributed by atoms with E-state index in [2.05, 4.69) is 5.32 Å². The molecular formula is C23H22N2O3. The number of nitrogens with one attached hydrogen (secondary N) is 1. The minimum atomic E-state index is -0.222. The lowest BCUT2D eigenvalue weighted by Crippen LogP contribution is -2.24. The predicted molar refractivity (Wildman–Crippen MR) is 110 cm³/mol. The SMILES string of the molecule is Cn1cc(OCc2ccccc2)c(=O)cc1CNC(=O)/C=C/c1ccccc1. The first-order valence-electron chi connectivity index (χ1n) is 8.99. The van der Waals surface area contributed by atoms with Crippen molar-refractivity contribution in [3.63, 3.8) is 0 Å². The third-order valence-electron chi connectivity index (χ3n) is 4.21. The van der Waals surface area contributed by atoms with Gasteiger partial charge in [-0.2, -0.15) is 0 Å². The van der Waals surface area contributed by atoms with Gasteiger partial charge in [-0.15, -0.1) is 0 Å². The number of hydrogen-bond acceptors (Lipinski definition) is 3. The Balaban J connectivity index is 1.58. The molecule has 3 rings (SSSR count). The van der Waals surface area contributed by atoms with Crippen LogP contribution in [0.15, 0.2) is 83.8 Å². The number of hydrogen-bond donors (Lipinski definition) is 1. The highest BCUT2D eigenvalue weighted by atomic mass is 16.5. The first-order chi connectivity index (χ1) is 13.6. The van der Waals surface area contributed by atoms with Gasteiger partial charge in [0.2, 0.25) is 11.3 Å². The number of aromatic nitrogens is 1. The van der Waals surface area contributed by atoms with Crippen molar-refractivity contribution < 1.29 is 9.53 Å². The van der Waals surface area contributed by atoms with E-state index in [1.807, 2.05) is 67.7 Å². The fraction of sp³-hybridized carbons (Fsp3) is 0.130. The van der Waals surface area contributed by atoms with Crippen molar-refractivity contribution in [3.05, 3.63) is 106 Å². The minimum absolute atomic E-state index is 0.210. The van der Waals surface area contributed by atoms with E-state index >= 15 is 0 Å². The summed E-state index contributed by atoms with van der Waals surface area (Å²) in [7, 11) is 1.82. The first kappa shape index (κ1) is 19.2. The zero-order valence-corrected chi connectivity index (χ0v) is 15.7. The molecule has 5 heteroatoms. The Morgan fingerprint density at radius 1 is 1.07 bits per heavy atom. The molecule has 0 unspecified atom stereocenters. The second-order valence-corrected chi connectivity index (χ2v) is 6.34. The summed E-state index contributed by atoms with van der Waals surface area (Å²) in [6.07, 6.45) is 4.87. The molecule has 1 N–H and O–H groups in total. The van der Waals surface area contributed by atoms with Crippen molar-refractivity contribution in [2.24, 2.45) is 7.05 Å². The maximum absolute atomic E-state index is 12.3. The van der Waals surface area contributed by atoms with Crippen LogP contribution in [0.5, 0.6) is 5.75 Å². The quantitative estimate of drug-likeness (QED) is 0.646. The summed E-state index contributed by atoms with van der Waals surface area (Å²) in [5.74, 6) is 0.0612. The highest BCUT2D eigenvalue weighted by molar-refractivity contribution is 5.91. The molecule has 0 bridgehead atoms. The molecule has 0 aliphatic heterocycles. The molecule has 0 aliphatic carbocycles. The van der Waals surface area contributed by atoms with Gasteiger partial charge in [0, 0.05) is 24.9 Å². The average Bonchev–Trinajstić information content (AvgIpc) is 2.73. The molecular weight excluding hydrogens is 352 g/mol. The standard InChI is InChI=1S/C23H22N2O3/c1-25-16-22(28-17-19-10-6-3-7-11-19)21(26)14-20(25)15-24-23(27)13-12-18-8-4-2-5-9-18/h2-14,16H,15,17H2,1H3,(H,24,27)/b13-12+. The molecule has 1 heterocycles. The Bertz CT molecular complexity index is 1010. The smallest absolute Gasteiger partial charge is 0.244 e. The third kappa shape index (κ3) is 5.45. The molecule has 0 fully saturated rings. The topological polar surface area (TPSA) is 60.3 Å². The van der Waals surface area contributed by atoms with Gasteiger partial charge in [0.05, 0.1) is 12.7 Å². The van der Waals surface area contributed by atoms with Gasteiger partial charge in [-0.1, -0.05) is 60.7 Å². The molecule has 28 heavy (non-hydrogen) atoms. The maximum Gasteiger partial charge on any atom is 0.244 e. The van der Waals surface area contributed by atoms with E-state index in [4.69, 9.17) is 4.74 Å². The van der Waals surface area contributed by atoms with Crippen molar-refractivity contribution in [1.29, 1.82) is 0 Å². The Morgan fingerprint density at radius 3 is 2.46 bits per heavy atom. The molecule has 0 saturated heterocycles. The predicted octanol–water partition coefficient (Wildman–Crippen LogP) is 3.29. The lowest BCUT2D eigenvalue weighted by Gasteiger charge is -2.12. The van der Waals surface area contributed by atoms with Crippen LogP contribution in [0, 0.1) is 0 Å². The van der Waals surface area contributed by atoms with Crippen LogP contribution in [-0.4, -0.2) is 10.5 Å². The molecule has 0 spiro atoms. The highest BCUT2D eigenvalue weighted by Crippen LogP contribution is 2.09. The number of nitrogens with zero attached hydrogens (tertiary/aromatic N) is 1. The van der Waals surface area contributed by atoms with Crippen molar-refractivity contribution in [2.75, 3.05) is 0 Å². The lowest BCUT2D eigenvalue weighted by molar-refractivity contribution is -0.116. The van der Waals surface area contributed by atoms with E-state index in [1.165, 1.54) is 12.1 Å². The van der Waals surface area contributed by atoms with Crippen LogP contribution in [0.25, 0.3) is 6.08 Å². The molecule has 5 nitrogen and oxygen atoms in total. The lowest BCUT2D eigenvalue weighted by atomic mass is 10.2. The Kier molecular flexibility index (Phi) is 6.41. The number of aryl methyl sites for hydroxylation is 1. The third-order valence-corrected chi connectivity index (χ3v) is 4.21. The van der Waals surface area contributed by atoms with Crippen LogP contribution in [0.4, 0.5) is 0 Å². The number of rotatable bonds is 7. The zero-order chi connectivity index (χ0) is 19.8. The molecule has 0 aliphatic rings. The van der Waals surface area contributed by atoms with Crippen LogP contribution in [-0.2, 0) is 25.0 Å². The van der Waals surface area contributed by atoms with Gasteiger partial charge < -0.3 is 14.6 Å². The van der Waals surface area contributed by atoms with E-state index in [-0.39, 0.29) is 23.6 Å². The summed E-state index contributed by atoms with van der Waals surface area (Å²) in [6, 6.07) is 20.7. The van der Waals surface area contributed by atoms with Crippen LogP contribution in [0.3, 0.4) is 0 Å². The van der Waals surface area contributed by atoms with Gasteiger partial charge in [0.15, 0.2) is 5.75 Å². The molecule has 3 aromatic rings. The van der Waals surface area contributed by atoms with Crippen LogP contribution in [0.1, 0.15) is 16.8 Å². The van der Waals surface area contributed by atoms with Crippen LogP contribution >= 0.6 is 0 Å². The molecule has 0 atom stereocenters. The van der Waals surface area contributed by atoms with Crippen molar-refractivity contribution in [2.45, 2.75) is 13.2 Å². The number of ether oxygens (including phenoxy) is 1. The second-order valence-electron chi connectivity index (χ2n) is 6.34.